The van der Waals surface area contributed by atoms with Crippen LogP contribution >= 0.6 is 0 Å². The van der Waals surface area contributed by atoms with Crippen LogP contribution in [0.4, 0.5) is 0 Å². The highest BCUT2D eigenvalue weighted by molar-refractivity contribution is 5.63. The quantitative estimate of drug-likeness (QED) is 0.465. The molecule has 0 bridgehead atoms. The summed E-state index contributed by atoms with van der Waals surface area (Å²) >= 11 is 0. The van der Waals surface area contributed by atoms with E-state index in [2.05, 4.69) is 65.4 Å². The predicted molar refractivity (Wildman–Crippen MR) is 118 cm³/mol. The van der Waals surface area contributed by atoms with Crippen LogP contribution in [0.25, 0.3) is 11.3 Å². The molecule has 0 saturated heterocycles. The lowest BCUT2D eigenvalue weighted by molar-refractivity contribution is -0.661. The van der Waals surface area contributed by atoms with Crippen molar-refractivity contribution in [2.45, 2.75) is 91.8 Å². The molecule has 0 aliphatic heterocycles. The van der Waals surface area contributed by atoms with Crippen LogP contribution in [0.3, 0.4) is 0 Å². The van der Waals surface area contributed by atoms with Crippen LogP contribution in [0.1, 0.15) is 93.6 Å². The molecule has 0 unspecified atom stereocenters. The van der Waals surface area contributed by atoms with Crippen LogP contribution in [0.2, 0.25) is 0 Å². The predicted octanol–water partition coefficient (Wildman–Crippen LogP) is 6.95. The third-order valence-corrected chi connectivity index (χ3v) is 7.20. The molecule has 0 aliphatic rings. The molecule has 1 aromatic carbocycles. The van der Waals surface area contributed by atoms with E-state index in [1.54, 1.807) is 6.07 Å². The van der Waals surface area contributed by atoms with Gasteiger partial charge in [0, 0.05) is 21.3 Å². The number of hydrogen-bond acceptors (Lipinski definition) is 0. The maximum absolute atomic E-state index is 7.72. The zero-order valence-electron chi connectivity index (χ0n) is 21.7. The summed E-state index contributed by atoms with van der Waals surface area (Å²) < 4.78 is 25.4. The van der Waals surface area contributed by atoms with E-state index in [9.17, 15) is 0 Å². The Morgan fingerprint density at radius 2 is 1.44 bits per heavy atom. The van der Waals surface area contributed by atoms with Gasteiger partial charge in [-0.3, -0.25) is 0 Å². The summed E-state index contributed by atoms with van der Waals surface area (Å²) in [6, 6.07) is 7.92. The summed E-state index contributed by atoms with van der Waals surface area (Å²) in [5.41, 5.74) is 6.77. The van der Waals surface area contributed by atoms with Gasteiger partial charge in [-0.15, -0.1) is 0 Å². The molecule has 0 N–H and O–H groups in total. The van der Waals surface area contributed by atoms with E-state index in [4.69, 9.17) is 4.11 Å². The molecule has 27 heavy (non-hydrogen) atoms. The third kappa shape index (κ3) is 3.98. The molecule has 1 nitrogen and oxygen atoms in total. The highest BCUT2D eigenvalue weighted by Gasteiger charge is 2.36. The Labute approximate surface area is 172 Å². The van der Waals surface area contributed by atoms with Gasteiger partial charge in [-0.1, -0.05) is 59.2 Å². The smallest absolute Gasteiger partial charge is 0.201 e. The Bertz CT molecular complexity index is 888. The molecule has 0 aliphatic carbocycles. The van der Waals surface area contributed by atoms with Gasteiger partial charge >= 0.3 is 0 Å². The minimum absolute atomic E-state index is 0.108. The second-order valence-corrected chi connectivity index (χ2v) is 8.66. The molecule has 1 heterocycles. The van der Waals surface area contributed by atoms with Crippen molar-refractivity contribution in [3.63, 3.8) is 0 Å². The molecular weight excluding hydrogens is 326 g/mol. The number of nitrogens with zero attached hydrogens (tertiary/aromatic N) is 1. The van der Waals surface area contributed by atoms with Crippen LogP contribution in [-0.2, 0) is 17.9 Å². The second kappa shape index (κ2) is 8.17. The van der Waals surface area contributed by atoms with Crippen molar-refractivity contribution in [2.24, 2.45) is 7.05 Å². The monoisotopic (exact) mass is 369 g/mol. The van der Waals surface area contributed by atoms with Crippen LogP contribution in [0.15, 0.2) is 30.5 Å². The zero-order valence-corrected chi connectivity index (χ0v) is 18.7. The molecule has 0 fully saturated rings. The minimum Gasteiger partial charge on any atom is -0.201 e. The molecule has 0 radical (unpaired) electrons. The fourth-order valence-electron chi connectivity index (χ4n) is 4.11. The lowest BCUT2D eigenvalue weighted by Gasteiger charge is -2.36. The van der Waals surface area contributed by atoms with E-state index >= 15 is 0 Å². The summed E-state index contributed by atoms with van der Waals surface area (Å²) in [5.74, 6) is 0. The Morgan fingerprint density at radius 1 is 0.889 bits per heavy atom. The largest absolute Gasteiger partial charge is 0.212 e. The molecular formula is C26H40N+. The van der Waals surface area contributed by atoms with Crippen LogP contribution in [0, 0.1) is 13.8 Å². The normalized spacial score (nSPS) is 14.6. The first-order chi connectivity index (χ1) is 13.9. The Balaban J connectivity index is 2.81. The van der Waals surface area contributed by atoms with Crippen molar-refractivity contribution in [3.8, 4) is 11.3 Å². The lowest BCUT2D eigenvalue weighted by Crippen LogP contribution is -2.38. The molecule has 0 saturated carbocycles. The van der Waals surface area contributed by atoms with Gasteiger partial charge in [0.15, 0.2) is 6.20 Å². The fraction of sp³-hybridized carbons (Fsp3) is 0.577. The number of aryl methyl sites for hydroxylation is 3. The first-order valence-electron chi connectivity index (χ1n) is 12.0. The van der Waals surface area contributed by atoms with Crippen LogP contribution in [0.5, 0.6) is 0 Å². The van der Waals surface area contributed by atoms with Crippen LogP contribution < -0.4 is 4.57 Å². The third-order valence-electron chi connectivity index (χ3n) is 7.20. The molecule has 0 atom stereocenters. The second-order valence-electron chi connectivity index (χ2n) is 8.66. The molecule has 2 aromatic rings. The van der Waals surface area contributed by atoms with Gasteiger partial charge in [0.1, 0.15) is 7.05 Å². The fourth-order valence-corrected chi connectivity index (χ4v) is 4.11. The van der Waals surface area contributed by atoms with Gasteiger partial charge in [-0.05, 0) is 67.5 Å². The van der Waals surface area contributed by atoms with E-state index in [1.165, 1.54) is 11.1 Å². The van der Waals surface area contributed by atoms with E-state index in [0.29, 0.717) is 5.56 Å². The van der Waals surface area contributed by atoms with E-state index < -0.39 is 6.85 Å². The van der Waals surface area contributed by atoms with E-state index in [0.717, 1.165) is 42.5 Å². The highest BCUT2D eigenvalue weighted by atomic mass is 14.9. The summed E-state index contributed by atoms with van der Waals surface area (Å²) in [7, 11) is 2.11. The SMILES string of the molecule is [2H]C([2H])([2H])c1ccc(-c2cc(C(C)(CC)CC)c(C(C)(CC)CC)c[n+]2C)c(C)c1. The first-order valence-corrected chi connectivity index (χ1v) is 10.5. The number of benzene rings is 1. The lowest BCUT2D eigenvalue weighted by atomic mass is 9.68. The Morgan fingerprint density at radius 3 is 1.93 bits per heavy atom. The van der Waals surface area contributed by atoms with E-state index in [-0.39, 0.29) is 10.8 Å². The summed E-state index contributed by atoms with van der Waals surface area (Å²) in [6.07, 6.45) is 6.71. The molecule has 1 heteroatoms. The summed E-state index contributed by atoms with van der Waals surface area (Å²) in [4.78, 5) is 0. The average Bonchev–Trinajstić information content (AvgIpc) is 2.71. The maximum Gasteiger partial charge on any atom is 0.212 e. The van der Waals surface area contributed by atoms with Crippen molar-refractivity contribution in [1.29, 1.82) is 0 Å². The Kier molecular flexibility index (Phi) is 5.28. The molecule has 1 aromatic heterocycles. The number of aromatic nitrogens is 1. The van der Waals surface area contributed by atoms with Gasteiger partial charge in [0.2, 0.25) is 5.69 Å². The summed E-state index contributed by atoms with van der Waals surface area (Å²) in [6.45, 7) is 13.8. The molecule has 148 valence electrons. The van der Waals surface area contributed by atoms with Crippen LogP contribution in [-0.4, -0.2) is 0 Å². The van der Waals surface area contributed by atoms with Gasteiger partial charge in [0.05, 0.1) is 0 Å². The van der Waals surface area contributed by atoms with Crippen molar-refractivity contribution in [2.75, 3.05) is 0 Å². The van der Waals surface area contributed by atoms with Gasteiger partial charge in [-0.2, -0.15) is 0 Å². The number of pyridine rings is 1. The maximum atomic E-state index is 7.72. The molecule has 0 amide bonds. The van der Waals surface area contributed by atoms with Crippen molar-refractivity contribution >= 4 is 0 Å². The number of rotatable bonds is 7. The topological polar surface area (TPSA) is 3.88 Å². The van der Waals surface area contributed by atoms with Gasteiger partial charge < -0.3 is 0 Å². The standard InChI is InChI=1S/C26H40N/c1-10-25(7,11-2)22-17-24(21-15-14-19(5)16-20(21)6)27(9)18-23(22)26(8,12-3)13-4/h14-18H,10-13H2,1-9H3/q+1/i5D3. The minimum atomic E-state index is -2.08. The van der Waals surface area contributed by atoms with Crippen molar-refractivity contribution in [3.05, 3.63) is 52.7 Å². The highest BCUT2D eigenvalue weighted by Crippen LogP contribution is 2.42. The number of hydrogen-bond donors (Lipinski definition) is 0. The Hall–Kier alpha value is -1.63. The zero-order chi connectivity index (χ0) is 22.9. The van der Waals surface area contributed by atoms with Gasteiger partial charge in [0.25, 0.3) is 0 Å². The average molecular weight is 370 g/mol. The van der Waals surface area contributed by atoms with E-state index in [1.807, 2.05) is 19.1 Å². The summed E-state index contributed by atoms with van der Waals surface area (Å²) in [5, 5.41) is 0. The van der Waals surface area contributed by atoms with Gasteiger partial charge in [-0.25, -0.2) is 4.57 Å². The molecule has 2 rings (SSSR count). The van der Waals surface area contributed by atoms with Crippen molar-refractivity contribution < 1.29 is 8.68 Å². The van der Waals surface area contributed by atoms with Crippen molar-refractivity contribution in [1.82, 2.24) is 0 Å². The first kappa shape index (κ1) is 17.5. The molecule has 0 spiro atoms.